The van der Waals surface area contributed by atoms with Gasteiger partial charge in [0.15, 0.2) is 0 Å². The Morgan fingerprint density at radius 3 is 2.28 bits per heavy atom. The van der Waals surface area contributed by atoms with E-state index in [4.69, 9.17) is 0 Å². The Morgan fingerprint density at radius 1 is 0.920 bits per heavy atom. The lowest BCUT2D eigenvalue weighted by Gasteiger charge is -2.34. The number of para-hydroxylation sites is 1. The topological polar surface area (TPSA) is 49.6 Å². The quantitative estimate of drug-likeness (QED) is 0.599. The van der Waals surface area contributed by atoms with E-state index in [2.05, 4.69) is 34.1 Å². The molecule has 0 unspecified atom stereocenters. The number of piperazine rings is 1. The van der Waals surface area contributed by atoms with Crippen molar-refractivity contribution in [2.24, 2.45) is 0 Å². The maximum atomic E-state index is 11.0. The van der Waals surface area contributed by atoms with Crippen LogP contribution >= 0.6 is 0 Å². The van der Waals surface area contributed by atoms with Gasteiger partial charge in [0, 0.05) is 45.3 Å². The van der Waals surface area contributed by atoms with E-state index >= 15 is 0 Å². The van der Waals surface area contributed by atoms with Gasteiger partial charge in [0.25, 0.3) is 5.69 Å². The first-order valence-electron chi connectivity index (χ1n) is 8.61. The van der Waals surface area contributed by atoms with Gasteiger partial charge in [-0.1, -0.05) is 54.6 Å². The molecular weight excluding hydrogens is 314 g/mol. The Kier molecular flexibility index (Phi) is 5.93. The van der Waals surface area contributed by atoms with Crippen LogP contribution < -0.4 is 0 Å². The van der Waals surface area contributed by atoms with E-state index in [1.165, 1.54) is 5.56 Å². The smallest absolute Gasteiger partial charge is 0.276 e. The fourth-order valence-electron chi connectivity index (χ4n) is 3.10. The molecule has 3 rings (SSSR count). The van der Waals surface area contributed by atoms with E-state index in [-0.39, 0.29) is 10.6 Å². The van der Waals surface area contributed by atoms with Gasteiger partial charge in [0.2, 0.25) is 0 Å². The SMILES string of the molecule is O=[N+]([O-])c1ccccc1C=CCN1CCN(Cc2ccccc2)CC1. The molecule has 130 valence electrons. The largest absolute Gasteiger partial charge is 0.297 e. The highest BCUT2D eigenvalue weighted by Gasteiger charge is 2.16. The highest BCUT2D eigenvalue weighted by Crippen LogP contribution is 2.19. The molecule has 0 radical (unpaired) electrons. The molecule has 0 spiro atoms. The van der Waals surface area contributed by atoms with Crippen LogP contribution in [0.3, 0.4) is 0 Å². The molecule has 1 aliphatic heterocycles. The van der Waals surface area contributed by atoms with E-state index in [9.17, 15) is 10.1 Å². The summed E-state index contributed by atoms with van der Waals surface area (Å²) in [6, 6.07) is 17.4. The lowest BCUT2D eigenvalue weighted by Crippen LogP contribution is -2.45. The third-order valence-corrected chi connectivity index (χ3v) is 4.51. The first kappa shape index (κ1) is 17.3. The second kappa shape index (κ2) is 8.55. The Labute approximate surface area is 148 Å². The minimum Gasteiger partial charge on any atom is -0.297 e. The lowest BCUT2D eigenvalue weighted by atomic mass is 10.1. The van der Waals surface area contributed by atoms with Gasteiger partial charge in [-0.15, -0.1) is 0 Å². The second-order valence-electron chi connectivity index (χ2n) is 6.28. The average molecular weight is 337 g/mol. The van der Waals surface area contributed by atoms with E-state index in [1.54, 1.807) is 18.2 Å². The molecule has 5 nitrogen and oxygen atoms in total. The van der Waals surface area contributed by atoms with E-state index in [0.717, 1.165) is 39.3 Å². The maximum absolute atomic E-state index is 11.0. The van der Waals surface area contributed by atoms with Crippen molar-refractivity contribution >= 4 is 11.8 Å². The Morgan fingerprint density at radius 2 is 1.56 bits per heavy atom. The van der Waals surface area contributed by atoms with Crippen LogP contribution in [0.5, 0.6) is 0 Å². The minimum absolute atomic E-state index is 0.159. The van der Waals surface area contributed by atoms with Crippen molar-refractivity contribution in [1.29, 1.82) is 0 Å². The summed E-state index contributed by atoms with van der Waals surface area (Å²) in [5, 5.41) is 11.0. The van der Waals surface area contributed by atoms with Crippen molar-refractivity contribution < 1.29 is 4.92 Å². The van der Waals surface area contributed by atoms with Crippen molar-refractivity contribution in [3.8, 4) is 0 Å². The van der Waals surface area contributed by atoms with Crippen molar-refractivity contribution in [1.82, 2.24) is 9.80 Å². The fraction of sp³-hybridized carbons (Fsp3) is 0.300. The van der Waals surface area contributed by atoms with Gasteiger partial charge in [0.05, 0.1) is 10.5 Å². The van der Waals surface area contributed by atoms with Gasteiger partial charge in [-0.2, -0.15) is 0 Å². The van der Waals surface area contributed by atoms with Crippen LogP contribution in [0.25, 0.3) is 6.08 Å². The predicted molar refractivity (Wildman–Crippen MR) is 100 cm³/mol. The number of nitrogens with zero attached hydrogens (tertiary/aromatic N) is 3. The minimum atomic E-state index is -0.331. The molecule has 1 heterocycles. The third kappa shape index (κ3) is 4.98. The second-order valence-corrected chi connectivity index (χ2v) is 6.28. The Balaban J connectivity index is 1.47. The van der Waals surface area contributed by atoms with Gasteiger partial charge in [-0.25, -0.2) is 0 Å². The van der Waals surface area contributed by atoms with Gasteiger partial charge in [0.1, 0.15) is 0 Å². The summed E-state index contributed by atoms with van der Waals surface area (Å²) in [7, 11) is 0. The summed E-state index contributed by atoms with van der Waals surface area (Å²) in [5.74, 6) is 0. The summed E-state index contributed by atoms with van der Waals surface area (Å²) in [5.41, 5.74) is 2.17. The van der Waals surface area contributed by atoms with Gasteiger partial charge >= 0.3 is 0 Å². The molecule has 2 aromatic rings. The van der Waals surface area contributed by atoms with Gasteiger partial charge in [-0.05, 0) is 11.6 Å². The van der Waals surface area contributed by atoms with Crippen LogP contribution in [0.1, 0.15) is 11.1 Å². The fourth-order valence-corrected chi connectivity index (χ4v) is 3.10. The molecule has 0 atom stereocenters. The summed E-state index contributed by atoms with van der Waals surface area (Å²) >= 11 is 0. The first-order chi connectivity index (χ1) is 12.2. The number of hydrogen-bond acceptors (Lipinski definition) is 4. The number of rotatable bonds is 6. The predicted octanol–water partition coefficient (Wildman–Crippen LogP) is 3.43. The van der Waals surface area contributed by atoms with Crippen molar-refractivity contribution in [3.05, 3.63) is 81.9 Å². The van der Waals surface area contributed by atoms with Gasteiger partial charge in [-0.3, -0.25) is 19.9 Å². The van der Waals surface area contributed by atoms with Crippen LogP contribution in [0, 0.1) is 10.1 Å². The number of nitro benzene ring substituents is 1. The van der Waals surface area contributed by atoms with Crippen molar-refractivity contribution in [3.63, 3.8) is 0 Å². The molecule has 0 saturated carbocycles. The number of benzene rings is 2. The van der Waals surface area contributed by atoms with E-state index in [0.29, 0.717) is 5.56 Å². The summed E-state index contributed by atoms with van der Waals surface area (Å²) < 4.78 is 0. The molecule has 0 aromatic heterocycles. The molecule has 0 amide bonds. The normalized spacial score (nSPS) is 16.3. The zero-order chi connectivity index (χ0) is 17.5. The zero-order valence-corrected chi connectivity index (χ0v) is 14.3. The highest BCUT2D eigenvalue weighted by molar-refractivity contribution is 5.60. The summed E-state index contributed by atoms with van der Waals surface area (Å²) in [4.78, 5) is 15.5. The monoisotopic (exact) mass is 337 g/mol. The molecule has 25 heavy (non-hydrogen) atoms. The third-order valence-electron chi connectivity index (χ3n) is 4.51. The molecule has 1 aliphatic rings. The van der Waals surface area contributed by atoms with Crippen LogP contribution in [0.2, 0.25) is 0 Å². The van der Waals surface area contributed by atoms with E-state index in [1.807, 2.05) is 24.3 Å². The Bertz CT molecular complexity index is 723. The molecule has 1 fully saturated rings. The molecule has 5 heteroatoms. The Hall–Kier alpha value is -2.50. The highest BCUT2D eigenvalue weighted by atomic mass is 16.6. The lowest BCUT2D eigenvalue weighted by molar-refractivity contribution is -0.385. The first-order valence-corrected chi connectivity index (χ1v) is 8.61. The van der Waals surface area contributed by atoms with E-state index < -0.39 is 0 Å². The molecule has 0 aliphatic carbocycles. The molecule has 2 aromatic carbocycles. The van der Waals surface area contributed by atoms with Crippen LogP contribution in [-0.4, -0.2) is 47.4 Å². The summed E-state index contributed by atoms with van der Waals surface area (Å²) in [6.45, 7) is 5.97. The van der Waals surface area contributed by atoms with Crippen molar-refractivity contribution in [2.45, 2.75) is 6.54 Å². The number of nitro groups is 1. The molecule has 0 N–H and O–H groups in total. The average Bonchev–Trinajstić information content (AvgIpc) is 2.64. The maximum Gasteiger partial charge on any atom is 0.276 e. The molecule has 0 bridgehead atoms. The standard InChI is InChI=1S/C20H23N3O2/c24-23(25)20-11-5-4-9-19(20)10-6-12-21-13-15-22(16-14-21)17-18-7-2-1-3-8-18/h1-11H,12-17H2. The van der Waals surface area contributed by atoms with Crippen LogP contribution in [0.15, 0.2) is 60.7 Å². The van der Waals surface area contributed by atoms with Crippen LogP contribution in [-0.2, 0) is 6.54 Å². The van der Waals surface area contributed by atoms with Crippen molar-refractivity contribution in [2.75, 3.05) is 32.7 Å². The summed E-state index contributed by atoms with van der Waals surface area (Å²) in [6.07, 6.45) is 3.88. The zero-order valence-electron chi connectivity index (χ0n) is 14.3. The molecular formula is C20H23N3O2. The number of hydrogen-bond donors (Lipinski definition) is 0. The molecule has 1 saturated heterocycles. The van der Waals surface area contributed by atoms with Gasteiger partial charge < -0.3 is 0 Å². The van der Waals surface area contributed by atoms with Crippen LogP contribution in [0.4, 0.5) is 5.69 Å².